The average molecular weight is 538 g/mol. The van der Waals surface area contributed by atoms with Gasteiger partial charge in [-0.1, -0.05) is 36.8 Å². The van der Waals surface area contributed by atoms with Crippen LogP contribution < -0.4 is 5.32 Å². The molecule has 2 heterocycles. The summed E-state index contributed by atoms with van der Waals surface area (Å²) in [5.74, 6) is 0.114. The molecule has 206 valence electrons. The zero-order valence-electron chi connectivity index (χ0n) is 23.2. The summed E-state index contributed by atoms with van der Waals surface area (Å²) in [4.78, 5) is 31.2. The molecule has 0 aliphatic carbocycles. The fraction of sp³-hybridized carbons (Fsp3) is 0.548. The lowest BCUT2D eigenvalue weighted by Gasteiger charge is -2.33. The van der Waals surface area contributed by atoms with Crippen LogP contribution in [-0.4, -0.2) is 79.1 Å². The molecular weight excluding hydrogens is 494 g/mol. The monoisotopic (exact) mass is 537 g/mol. The molecule has 0 saturated carbocycles. The third kappa shape index (κ3) is 7.39. The van der Waals surface area contributed by atoms with Gasteiger partial charge in [-0.05, 0) is 105 Å². The van der Waals surface area contributed by atoms with Crippen LogP contribution in [0.2, 0.25) is 0 Å². The summed E-state index contributed by atoms with van der Waals surface area (Å²) in [6.45, 7) is 7.71. The molecule has 2 aromatic rings. The fourth-order valence-electron chi connectivity index (χ4n) is 5.83. The van der Waals surface area contributed by atoms with E-state index < -0.39 is 12.0 Å². The molecule has 2 fully saturated rings. The Morgan fingerprint density at radius 2 is 1.84 bits per heavy atom. The van der Waals surface area contributed by atoms with Gasteiger partial charge in [-0.2, -0.15) is 11.8 Å². The highest BCUT2D eigenvalue weighted by Crippen LogP contribution is 2.30. The lowest BCUT2D eigenvalue weighted by Crippen LogP contribution is -2.42. The Labute approximate surface area is 232 Å². The Bertz CT molecular complexity index is 1090. The maximum Gasteiger partial charge on any atom is 0.328 e. The lowest BCUT2D eigenvalue weighted by molar-refractivity contribution is -0.142. The number of benzene rings is 2. The maximum absolute atomic E-state index is 13.5. The van der Waals surface area contributed by atoms with E-state index in [-0.39, 0.29) is 5.91 Å². The van der Waals surface area contributed by atoms with Crippen LogP contribution in [0.3, 0.4) is 0 Å². The van der Waals surface area contributed by atoms with Crippen molar-refractivity contribution in [1.29, 1.82) is 0 Å². The summed E-state index contributed by atoms with van der Waals surface area (Å²) in [5, 5.41) is 2.95. The first kappa shape index (κ1) is 28.7. The Hall–Kier alpha value is -2.35. The van der Waals surface area contributed by atoms with E-state index in [2.05, 4.69) is 46.3 Å². The van der Waals surface area contributed by atoms with Crippen LogP contribution >= 0.6 is 11.8 Å². The van der Waals surface area contributed by atoms with Gasteiger partial charge in [0.15, 0.2) is 0 Å². The maximum atomic E-state index is 13.5. The van der Waals surface area contributed by atoms with Crippen LogP contribution in [0.5, 0.6) is 0 Å². The summed E-state index contributed by atoms with van der Waals surface area (Å²) in [5.41, 5.74) is 4.89. The number of aryl methyl sites for hydroxylation is 1. The fourth-order valence-corrected chi connectivity index (χ4v) is 6.30. The minimum Gasteiger partial charge on any atom is -0.467 e. The Morgan fingerprint density at radius 3 is 2.58 bits per heavy atom. The van der Waals surface area contributed by atoms with Crippen LogP contribution in [0.4, 0.5) is 0 Å². The number of esters is 1. The van der Waals surface area contributed by atoms with Crippen molar-refractivity contribution in [2.45, 2.75) is 64.1 Å². The number of thioether (sulfide) groups is 1. The minimum absolute atomic E-state index is 0.240. The summed E-state index contributed by atoms with van der Waals surface area (Å²) in [6.07, 6.45) is 9.04. The number of nitrogens with zero attached hydrogens (tertiary/aromatic N) is 2. The third-order valence-corrected chi connectivity index (χ3v) is 8.61. The molecule has 0 bridgehead atoms. The van der Waals surface area contributed by atoms with Gasteiger partial charge < -0.3 is 15.0 Å². The molecule has 1 amide bonds. The van der Waals surface area contributed by atoms with Crippen molar-refractivity contribution < 1.29 is 14.3 Å². The van der Waals surface area contributed by atoms with Gasteiger partial charge in [0, 0.05) is 24.7 Å². The van der Waals surface area contributed by atoms with Gasteiger partial charge in [-0.15, -0.1) is 0 Å². The Morgan fingerprint density at radius 1 is 1.05 bits per heavy atom. The third-order valence-electron chi connectivity index (χ3n) is 7.97. The van der Waals surface area contributed by atoms with E-state index in [1.165, 1.54) is 57.9 Å². The number of piperidine rings is 1. The van der Waals surface area contributed by atoms with Gasteiger partial charge in [0.1, 0.15) is 6.04 Å². The number of ether oxygens (including phenoxy) is 1. The van der Waals surface area contributed by atoms with Crippen molar-refractivity contribution in [3.05, 3.63) is 59.2 Å². The largest absolute Gasteiger partial charge is 0.467 e. The highest BCUT2D eigenvalue weighted by molar-refractivity contribution is 7.98. The molecule has 4 rings (SSSR count). The topological polar surface area (TPSA) is 61.9 Å². The molecule has 38 heavy (non-hydrogen) atoms. The first-order valence-corrected chi connectivity index (χ1v) is 15.4. The molecule has 2 aliphatic heterocycles. The Balaban J connectivity index is 1.57. The summed E-state index contributed by atoms with van der Waals surface area (Å²) >= 11 is 1.64. The van der Waals surface area contributed by atoms with Crippen LogP contribution in [0.1, 0.15) is 60.0 Å². The quantitative estimate of drug-likeness (QED) is 0.401. The van der Waals surface area contributed by atoms with E-state index in [1.807, 2.05) is 24.5 Å². The second-order valence-corrected chi connectivity index (χ2v) is 11.6. The molecule has 0 aromatic heterocycles. The number of hydrogen-bond donors (Lipinski definition) is 1. The van der Waals surface area contributed by atoms with E-state index >= 15 is 0 Å². The van der Waals surface area contributed by atoms with Crippen LogP contribution in [-0.2, 0) is 16.1 Å². The molecule has 2 aliphatic rings. The smallest absolute Gasteiger partial charge is 0.328 e. The number of likely N-dealkylation sites (tertiary alicyclic amines) is 2. The van der Waals surface area contributed by atoms with E-state index in [1.54, 1.807) is 11.8 Å². The molecule has 0 spiro atoms. The second-order valence-electron chi connectivity index (χ2n) is 10.7. The summed E-state index contributed by atoms with van der Waals surface area (Å²) in [7, 11) is 1.37. The number of rotatable bonds is 11. The van der Waals surface area contributed by atoms with Crippen LogP contribution in [0, 0.1) is 6.92 Å². The zero-order valence-corrected chi connectivity index (χ0v) is 24.0. The predicted molar refractivity (Wildman–Crippen MR) is 157 cm³/mol. The first-order valence-electron chi connectivity index (χ1n) is 14.0. The normalized spacial score (nSPS) is 19.3. The zero-order chi connectivity index (χ0) is 26.9. The highest BCUT2D eigenvalue weighted by atomic mass is 32.2. The number of hydrogen-bond acceptors (Lipinski definition) is 6. The van der Waals surface area contributed by atoms with Crippen molar-refractivity contribution in [3.63, 3.8) is 0 Å². The number of carbonyl (C=O) groups excluding carboxylic acids is 2. The number of methoxy groups -OCH3 is 1. The van der Waals surface area contributed by atoms with Gasteiger partial charge >= 0.3 is 5.97 Å². The Kier molecular flexibility index (Phi) is 10.7. The van der Waals surface area contributed by atoms with Gasteiger partial charge in [-0.25, -0.2) is 4.79 Å². The molecule has 2 aromatic carbocycles. The summed E-state index contributed by atoms with van der Waals surface area (Å²) < 4.78 is 4.97. The van der Waals surface area contributed by atoms with Crippen molar-refractivity contribution in [1.82, 2.24) is 15.1 Å². The van der Waals surface area contributed by atoms with E-state index in [0.29, 0.717) is 18.0 Å². The summed E-state index contributed by atoms with van der Waals surface area (Å²) in [6, 6.07) is 14.3. The number of carbonyl (C=O) groups is 2. The van der Waals surface area contributed by atoms with Gasteiger partial charge in [0.05, 0.1) is 7.11 Å². The second kappa shape index (κ2) is 14.2. The standard InChI is InChI=1S/C31H43N3O3S/c1-23-10-5-6-12-26(23)28-20-24(21-34-18-9-11-25(34)22-33-16-7-4-8-17-33)13-14-27(28)30(35)32-29(15-19-38-3)31(36)37-2/h5-6,10,12-14,20,25,29H,4,7-9,11,15-19,21-22H2,1-3H3,(H,32,35)/t25-,29-/m0/s1. The van der Waals surface area contributed by atoms with Gasteiger partial charge in [0.25, 0.3) is 5.91 Å². The first-order chi connectivity index (χ1) is 18.5. The molecule has 1 N–H and O–H groups in total. The molecule has 0 unspecified atom stereocenters. The van der Waals surface area contributed by atoms with E-state index in [0.717, 1.165) is 42.1 Å². The van der Waals surface area contributed by atoms with Crippen molar-refractivity contribution in [3.8, 4) is 11.1 Å². The molecule has 0 radical (unpaired) electrons. The molecule has 7 heteroatoms. The molecule has 2 saturated heterocycles. The van der Waals surface area contributed by atoms with Gasteiger partial charge in [0.2, 0.25) is 0 Å². The van der Waals surface area contributed by atoms with E-state index in [4.69, 9.17) is 4.74 Å². The van der Waals surface area contributed by atoms with Crippen molar-refractivity contribution in [2.75, 3.05) is 45.3 Å². The SMILES string of the molecule is COC(=O)[C@H](CCSC)NC(=O)c1ccc(CN2CCC[C@H]2CN2CCCCC2)cc1-c1ccccc1C. The van der Waals surface area contributed by atoms with Crippen molar-refractivity contribution >= 4 is 23.6 Å². The van der Waals surface area contributed by atoms with Crippen molar-refractivity contribution in [2.24, 2.45) is 0 Å². The lowest BCUT2D eigenvalue weighted by atomic mass is 9.93. The molecule has 6 nitrogen and oxygen atoms in total. The predicted octanol–water partition coefficient (Wildman–Crippen LogP) is 5.14. The number of nitrogens with one attached hydrogen (secondary N) is 1. The van der Waals surface area contributed by atoms with Crippen LogP contribution in [0.25, 0.3) is 11.1 Å². The number of amides is 1. The highest BCUT2D eigenvalue weighted by Gasteiger charge is 2.28. The van der Waals surface area contributed by atoms with Crippen LogP contribution in [0.15, 0.2) is 42.5 Å². The average Bonchev–Trinajstić information content (AvgIpc) is 3.37. The molecule has 2 atom stereocenters. The van der Waals surface area contributed by atoms with E-state index in [9.17, 15) is 9.59 Å². The minimum atomic E-state index is -0.663. The van der Waals surface area contributed by atoms with Gasteiger partial charge in [-0.3, -0.25) is 9.69 Å². The molecular formula is C31H43N3O3S.